The average molecular weight is 341 g/mol. The number of amides is 1. The molecule has 132 valence electrons. The second-order valence-corrected chi connectivity index (χ2v) is 5.88. The van der Waals surface area contributed by atoms with Gasteiger partial charge in [0.1, 0.15) is 13.2 Å². The van der Waals surface area contributed by atoms with Crippen LogP contribution in [-0.4, -0.2) is 48.6 Å². The van der Waals surface area contributed by atoms with Crippen LogP contribution in [0.15, 0.2) is 42.7 Å². The van der Waals surface area contributed by atoms with Crippen molar-refractivity contribution >= 4 is 11.6 Å². The van der Waals surface area contributed by atoms with Crippen LogP contribution in [0.1, 0.15) is 12.5 Å². The van der Waals surface area contributed by atoms with E-state index in [2.05, 4.69) is 22.1 Å². The maximum Gasteiger partial charge on any atom is 0.238 e. The number of ether oxygens (including phenoxy) is 2. The largest absolute Gasteiger partial charge is 0.486 e. The summed E-state index contributed by atoms with van der Waals surface area (Å²) in [5, 5.41) is 2.93. The number of pyridine rings is 1. The molecular weight excluding hydrogens is 318 g/mol. The lowest BCUT2D eigenvalue weighted by Gasteiger charge is -2.21. The number of likely N-dealkylation sites (N-methyl/N-ethyl adjacent to an activating group) is 1. The molecule has 0 saturated heterocycles. The molecule has 6 nitrogen and oxygen atoms in total. The monoisotopic (exact) mass is 341 g/mol. The molecule has 0 fully saturated rings. The van der Waals surface area contributed by atoms with Crippen molar-refractivity contribution in [2.24, 2.45) is 0 Å². The quantitative estimate of drug-likeness (QED) is 0.837. The fourth-order valence-corrected chi connectivity index (χ4v) is 2.71. The Morgan fingerprint density at radius 3 is 2.68 bits per heavy atom. The van der Waals surface area contributed by atoms with Gasteiger partial charge in [0.05, 0.1) is 6.54 Å². The van der Waals surface area contributed by atoms with Gasteiger partial charge in [-0.05, 0) is 42.8 Å². The number of anilines is 1. The summed E-state index contributed by atoms with van der Waals surface area (Å²) in [5.41, 5.74) is 1.94. The van der Waals surface area contributed by atoms with Crippen molar-refractivity contribution in [3.63, 3.8) is 0 Å². The van der Waals surface area contributed by atoms with Crippen LogP contribution in [0.3, 0.4) is 0 Å². The molecule has 3 rings (SSSR count). The smallest absolute Gasteiger partial charge is 0.238 e. The first-order valence-corrected chi connectivity index (χ1v) is 8.55. The van der Waals surface area contributed by atoms with Crippen molar-refractivity contribution in [2.75, 3.05) is 38.2 Å². The highest BCUT2D eigenvalue weighted by Gasteiger charge is 2.14. The van der Waals surface area contributed by atoms with E-state index in [0.717, 1.165) is 30.9 Å². The number of nitrogens with one attached hydrogen (secondary N) is 1. The molecule has 1 aliphatic rings. The SMILES string of the molecule is CCN(CCc1ccncc1)CC(=O)Nc1ccc2c(c1)OCCO2. The van der Waals surface area contributed by atoms with E-state index in [1.807, 2.05) is 24.3 Å². The fraction of sp³-hybridized carbons (Fsp3) is 0.368. The minimum absolute atomic E-state index is 0.0340. The molecular formula is C19H23N3O3. The number of carbonyl (C=O) groups is 1. The Kier molecular flexibility index (Phi) is 5.85. The van der Waals surface area contributed by atoms with E-state index in [9.17, 15) is 4.79 Å². The van der Waals surface area contributed by atoms with Crippen molar-refractivity contribution < 1.29 is 14.3 Å². The summed E-state index contributed by atoms with van der Waals surface area (Å²) < 4.78 is 11.0. The minimum Gasteiger partial charge on any atom is -0.486 e. The lowest BCUT2D eigenvalue weighted by Crippen LogP contribution is -2.34. The number of hydrogen-bond donors (Lipinski definition) is 1. The van der Waals surface area contributed by atoms with Gasteiger partial charge in [-0.3, -0.25) is 14.7 Å². The zero-order valence-corrected chi connectivity index (χ0v) is 14.4. The zero-order valence-electron chi connectivity index (χ0n) is 14.4. The van der Waals surface area contributed by atoms with Crippen molar-refractivity contribution in [1.29, 1.82) is 0 Å². The topological polar surface area (TPSA) is 63.7 Å². The van der Waals surface area contributed by atoms with Gasteiger partial charge in [-0.2, -0.15) is 0 Å². The fourth-order valence-electron chi connectivity index (χ4n) is 2.71. The van der Waals surface area contributed by atoms with Crippen LogP contribution in [0.5, 0.6) is 11.5 Å². The van der Waals surface area contributed by atoms with Gasteiger partial charge in [-0.15, -0.1) is 0 Å². The molecule has 0 atom stereocenters. The van der Waals surface area contributed by atoms with Crippen molar-refractivity contribution in [2.45, 2.75) is 13.3 Å². The summed E-state index contributed by atoms with van der Waals surface area (Å²) in [6.45, 7) is 5.15. The number of carbonyl (C=O) groups excluding carboxylic acids is 1. The lowest BCUT2D eigenvalue weighted by atomic mass is 10.2. The van der Waals surface area contributed by atoms with Crippen LogP contribution >= 0.6 is 0 Å². The van der Waals surface area contributed by atoms with E-state index in [1.54, 1.807) is 18.5 Å². The molecule has 0 radical (unpaired) electrons. The van der Waals surface area contributed by atoms with E-state index in [1.165, 1.54) is 5.56 Å². The van der Waals surface area contributed by atoms with Gasteiger partial charge in [0.2, 0.25) is 5.91 Å². The van der Waals surface area contributed by atoms with Gasteiger partial charge < -0.3 is 14.8 Å². The maximum atomic E-state index is 12.3. The van der Waals surface area contributed by atoms with Gasteiger partial charge in [-0.25, -0.2) is 0 Å². The van der Waals surface area contributed by atoms with Crippen LogP contribution in [-0.2, 0) is 11.2 Å². The highest BCUT2D eigenvalue weighted by molar-refractivity contribution is 5.92. The van der Waals surface area contributed by atoms with Gasteiger partial charge in [0.15, 0.2) is 11.5 Å². The van der Waals surface area contributed by atoms with E-state index >= 15 is 0 Å². The average Bonchev–Trinajstić information content (AvgIpc) is 2.66. The standard InChI is InChI=1S/C19H23N3O3/c1-2-22(10-7-15-5-8-20-9-6-15)14-19(23)21-16-3-4-17-18(13-16)25-12-11-24-17/h3-6,8-9,13H,2,7,10-12,14H2,1H3,(H,21,23). The second-order valence-electron chi connectivity index (χ2n) is 5.88. The molecule has 2 heterocycles. The number of rotatable bonds is 7. The van der Waals surface area contributed by atoms with Crippen molar-refractivity contribution in [3.05, 3.63) is 48.3 Å². The van der Waals surface area contributed by atoms with Crippen molar-refractivity contribution in [3.8, 4) is 11.5 Å². The molecule has 6 heteroatoms. The van der Waals surface area contributed by atoms with Crippen LogP contribution in [0.25, 0.3) is 0 Å². The minimum atomic E-state index is -0.0340. The maximum absolute atomic E-state index is 12.3. The van der Waals surface area contributed by atoms with E-state index in [0.29, 0.717) is 25.5 Å². The molecule has 2 aromatic rings. The summed E-state index contributed by atoms with van der Waals surface area (Å²) in [6, 6.07) is 9.47. The molecule has 1 aromatic heterocycles. The van der Waals surface area contributed by atoms with Crippen LogP contribution in [0.4, 0.5) is 5.69 Å². The van der Waals surface area contributed by atoms with Gasteiger partial charge in [0, 0.05) is 30.7 Å². The summed E-state index contributed by atoms with van der Waals surface area (Å²) in [4.78, 5) is 18.5. The Balaban J connectivity index is 1.52. The molecule has 1 aliphatic heterocycles. The third kappa shape index (κ3) is 4.93. The number of aromatic nitrogens is 1. The Morgan fingerprint density at radius 2 is 1.92 bits per heavy atom. The number of nitrogens with zero attached hydrogens (tertiary/aromatic N) is 2. The normalized spacial score (nSPS) is 12.9. The first-order valence-electron chi connectivity index (χ1n) is 8.55. The summed E-state index contributed by atoms with van der Waals surface area (Å²) in [6.07, 6.45) is 4.48. The Labute approximate surface area is 147 Å². The molecule has 0 saturated carbocycles. The predicted octanol–water partition coefficient (Wildman–Crippen LogP) is 2.36. The van der Waals surface area contributed by atoms with Gasteiger partial charge in [-0.1, -0.05) is 6.92 Å². The summed E-state index contributed by atoms with van der Waals surface area (Å²) in [7, 11) is 0. The molecule has 0 unspecified atom stereocenters. The van der Waals surface area contributed by atoms with Crippen LogP contribution in [0, 0.1) is 0 Å². The number of hydrogen-bond acceptors (Lipinski definition) is 5. The van der Waals surface area contributed by atoms with Gasteiger partial charge >= 0.3 is 0 Å². The summed E-state index contributed by atoms with van der Waals surface area (Å²) >= 11 is 0. The molecule has 0 bridgehead atoms. The van der Waals surface area contributed by atoms with E-state index in [4.69, 9.17) is 9.47 Å². The van der Waals surface area contributed by atoms with Crippen LogP contribution < -0.4 is 14.8 Å². The molecule has 1 aromatic carbocycles. The molecule has 1 N–H and O–H groups in total. The van der Waals surface area contributed by atoms with E-state index in [-0.39, 0.29) is 5.91 Å². The predicted molar refractivity (Wildman–Crippen MR) is 96.1 cm³/mol. The number of fused-ring (bicyclic) bond motifs is 1. The highest BCUT2D eigenvalue weighted by atomic mass is 16.6. The third-order valence-electron chi connectivity index (χ3n) is 4.11. The first kappa shape index (κ1) is 17.2. The second kappa shape index (κ2) is 8.48. The van der Waals surface area contributed by atoms with E-state index < -0.39 is 0 Å². The van der Waals surface area contributed by atoms with Crippen LogP contribution in [0.2, 0.25) is 0 Å². The zero-order chi connectivity index (χ0) is 17.5. The molecule has 25 heavy (non-hydrogen) atoms. The first-order chi connectivity index (χ1) is 12.2. The Bertz CT molecular complexity index is 706. The lowest BCUT2D eigenvalue weighted by molar-refractivity contribution is -0.117. The Morgan fingerprint density at radius 1 is 1.16 bits per heavy atom. The third-order valence-corrected chi connectivity index (χ3v) is 4.11. The molecule has 0 aliphatic carbocycles. The Hall–Kier alpha value is -2.60. The molecule has 1 amide bonds. The number of benzene rings is 1. The highest BCUT2D eigenvalue weighted by Crippen LogP contribution is 2.32. The van der Waals surface area contributed by atoms with Crippen molar-refractivity contribution in [1.82, 2.24) is 9.88 Å². The molecule has 0 spiro atoms. The van der Waals surface area contributed by atoms with Gasteiger partial charge in [0.25, 0.3) is 0 Å². The summed E-state index contributed by atoms with van der Waals surface area (Å²) in [5.74, 6) is 1.36.